The molecule has 1 unspecified atom stereocenters. The molecular weight excluding hydrogens is 130 g/mol. The Kier molecular flexibility index (Phi) is 2.29. The molecule has 1 N–H and O–H groups in total. The predicted octanol–water partition coefficient (Wildman–Crippen LogP) is 1.58. The third-order valence-corrected chi connectivity index (χ3v) is 2.72. The molecule has 7 heavy (non-hydrogen) atoms. The summed E-state index contributed by atoms with van der Waals surface area (Å²) in [7, 11) is 0. The van der Waals surface area contributed by atoms with Gasteiger partial charge in [0.15, 0.2) is 0 Å². The quantitative estimate of drug-likeness (QED) is 0.551. The maximum Gasteiger partial charge on any atom is 0.0674 e. The normalized spacial score (nSPS) is 31.3. The third kappa shape index (κ3) is 1.52. The fraction of sp³-hybridized carbons (Fsp3) is 1.00. The number of hydrogen-bond donors (Lipinski definition) is 1. The van der Waals surface area contributed by atoms with Crippen LogP contribution >= 0.6 is 23.5 Å². The summed E-state index contributed by atoms with van der Waals surface area (Å²) in [5, 5.41) is 0.529. The third-order valence-electron chi connectivity index (χ3n) is 1.05. The molecule has 1 aliphatic heterocycles. The molecule has 1 atom stereocenters. The van der Waals surface area contributed by atoms with E-state index >= 15 is 0 Å². The average molecular weight is 138 g/mol. The maximum atomic E-state index is 5.34. The van der Waals surface area contributed by atoms with Crippen molar-refractivity contribution < 1.29 is 0 Å². The summed E-state index contributed by atoms with van der Waals surface area (Å²) in [6.45, 7) is 0. The summed E-state index contributed by atoms with van der Waals surface area (Å²) in [5.41, 5.74) is 0. The highest BCUT2D eigenvalue weighted by Gasteiger charge is 2.12. The van der Waals surface area contributed by atoms with Gasteiger partial charge in [0.05, 0.1) is 5.37 Å². The van der Waals surface area contributed by atoms with Crippen molar-refractivity contribution in [3.63, 3.8) is 0 Å². The van der Waals surface area contributed by atoms with Gasteiger partial charge in [0.1, 0.15) is 0 Å². The van der Waals surface area contributed by atoms with Gasteiger partial charge in [-0.15, -0.1) is 11.8 Å². The standard InChI is InChI=1S/C4H8ClNS/c5-6-4-2-1-3-7-4/h4,6H,1-3H2. The van der Waals surface area contributed by atoms with E-state index in [4.69, 9.17) is 11.8 Å². The van der Waals surface area contributed by atoms with Crippen molar-refractivity contribution in [3.8, 4) is 0 Å². The van der Waals surface area contributed by atoms with Crippen LogP contribution < -0.4 is 4.84 Å². The van der Waals surface area contributed by atoms with Gasteiger partial charge in [0.25, 0.3) is 0 Å². The molecule has 1 fully saturated rings. The van der Waals surface area contributed by atoms with E-state index in [1.807, 2.05) is 11.8 Å². The van der Waals surface area contributed by atoms with E-state index < -0.39 is 0 Å². The van der Waals surface area contributed by atoms with Gasteiger partial charge in [-0.2, -0.15) is 0 Å². The molecule has 0 radical (unpaired) electrons. The van der Waals surface area contributed by atoms with Gasteiger partial charge in [0.2, 0.25) is 0 Å². The smallest absolute Gasteiger partial charge is 0.0674 e. The monoisotopic (exact) mass is 137 g/mol. The molecule has 1 rings (SSSR count). The summed E-state index contributed by atoms with van der Waals surface area (Å²) >= 11 is 7.24. The molecule has 1 aliphatic rings. The minimum Gasteiger partial charge on any atom is -0.220 e. The van der Waals surface area contributed by atoms with Gasteiger partial charge >= 0.3 is 0 Å². The van der Waals surface area contributed by atoms with Crippen LogP contribution in [-0.4, -0.2) is 11.1 Å². The summed E-state index contributed by atoms with van der Waals surface area (Å²) in [6, 6.07) is 0. The molecule has 0 amide bonds. The lowest BCUT2D eigenvalue weighted by Crippen LogP contribution is -2.10. The molecule has 0 aromatic heterocycles. The van der Waals surface area contributed by atoms with Crippen LogP contribution in [-0.2, 0) is 0 Å². The first-order valence-corrected chi connectivity index (χ1v) is 3.84. The largest absolute Gasteiger partial charge is 0.220 e. The predicted molar refractivity (Wildman–Crippen MR) is 34.5 cm³/mol. The molecule has 1 saturated heterocycles. The van der Waals surface area contributed by atoms with Gasteiger partial charge in [0, 0.05) is 0 Å². The van der Waals surface area contributed by atoms with E-state index in [0.717, 1.165) is 0 Å². The van der Waals surface area contributed by atoms with Gasteiger partial charge in [-0.05, 0) is 30.4 Å². The highest BCUT2D eigenvalue weighted by atomic mass is 35.5. The second-order valence-electron chi connectivity index (χ2n) is 1.61. The van der Waals surface area contributed by atoms with Crippen molar-refractivity contribution in [3.05, 3.63) is 0 Å². The first-order chi connectivity index (χ1) is 3.43. The zero-order chi connectivity index (χ0) is 5.11. The minimum absolute atomic E-state index is 0.529. The molecule has 0 aliphatic carbocycles. The van der Waals surface area contributed by atoms with E-state index in [2.05, 4.69) is 4.84 Å². The molecule has 42 valence electrons. The van der Waals surface area contributed by atoms with Crippen LogP contribution in [0.1, 0.15) is 12.8 Å². The van der Waals surface area contributed by atoms with E-state index in [1.165, 1.54) is 18.6 Å². The SMILES string of the molecule is ClNC1CCCS1. The lowest BCUT2D eigenvalue weighted by Gasteiger charge is -1.99. The molecule has 0 aromatic carbocycles. The van der Waals surface area contributed by atoms with E-state index in [0.29, 0.717) is 5.37 Å². The lowest BCUT2D eigenvalue weighted by atomic mass is 10.3. The minimum atomic E-state index is 0.529. The van der Waals surface area contributed by atoms with E-state index in [9.17, 15) is 0 Å². The Balaban J connectivity index is 2.14. The second-order valence-corrected chi connectivity index (χ2v) is 3.14. The summed E-state index contributed by atoms with van der Waals surface area (Å²) in [5.74, 6) is 1.27. The number of halogens is 1. The topological polar surface area (TPSA) is 12.0 Å². The summed E-state index contributed by atoms with van der Waals surface area (Å²) in [4.78, 5) is 2.70. The molecule has 0 bridgehead atoms. The van der Waals surface area contributed by atoms with Crippen molar-refractivity contribution in [2.75, 3.05) is 5.75 Å². The van der Waals surface area contributed by atoms with E-state index in [1.54, 1.807) is 0 Å². The number of hydrogen-bond acceptors (Lipinski definition) is 2. The van der Waals surface area contributed by atoms with Crippen molar-refractivity contribution in [1.29, 1.82) is 0 Å². The molecule has 1 nitrogen and oxygen atoms in total. The lowest BCUT2D eigenvalue weighted by molar-refractivity contribution is 0.769. The Morgan fingerprint density at radius 3 is 2.86 bits per heavy atom. The number of nitrogens with one attached hydrogen (secondary N) is 1. The van der Waals surface area contributed by atoms with Crippen LogP contribution in [0.15, 0.2) is 0 Å². The number of rotatable bonds is 1. The first kappa shape index (κ1) is 5.73. The zero-order valence-corrected chi connectivity index (χ0v) is 5.56. The van der Waals surface area contributed by atoms with Crippen LogP contribution in [0.5, 0.6) is 0 Å². The van der Waals surface area contributed by atoms with Crippen molar-refractivity contribution in [1.82, 2.24) is 4.84 Å². The highest BCUT2D eigenvalue weighted by Crippen LogP contribution is 2.23. The van der Waals surface area contributed by atoms with Crippen molar-refractivity contribution in [2.24, 2.45) is 0 Å². The van der Waals surface area contributed by atoms with Crippen LogP contribution in [0, 0.1) is 0 Å². The van der Waals surface area contributed by atoms with Gasteiger partial charge in [-0.25, -0.2) is 4.84 Å². The molecule has 3 heteroatoms. The van der Waals surface area contributed by atoms with Gasteiger partial charge < -0.3 is 0 Å². The molecule has 0 spiro atoms. The van der Waals surface area contributed by atoms with Crippen LogP contribution in [0.3, 0.4) is 0 Å². The number of thioether (sulfide) groups is 1. The van der Waals surface area contributed by atoms with Crippen molar-refractivity contribution >= 4 is 23.5 Å². The average Bonchev–Trinajstić information content (AvgIpc) is 2.14. The molecule has 0 saturated carbocycles. The molecule has 1 heterocycles. The highest BCUT2D eigenvalue weighted by molar-refractivity contribution is 8.00. The molecule has 0 aromatic rings. The summed E-state index contributed by atoms with van der Waals surface area (Å²) in [6.07, 6.45) is 2.54. The Bertz CT molecular complexity index is 53.7. The van der Waals surface area contributed by atoms with Crippen LogP contribution in [0.4, 0.5) is 0 Å². The zero-order valence-electron chi connectivity index (χ0n) is 3.98. The van der Waals surface area contributed by atoms with Gasteiger partial charge in [-0.1, -0.05) is 0 Å². The molecular formula is C4H8ClNS. The van der Waals surface area contributed by atoms with Crippen LogP contribution in [0.25, 0.3) is 0 Å². The Hall–Kier alpha value is 0.600. The summed E-state index contributed by atoms with van der Waals surface area (Å²) < 4.78 is 0. The van der Waals surface area contributed by atoms with E-state index in [-0.39, 0.29) is 0 Å². The maximum absolute atomic E-state index is 5.34. The van der Waals surface area contributed by atoms with Crippen LogP contribution in [0.2, 0.25) is 0 Å². The Labute approximate surface area is 52.9 Å². The fourth-order valence-electron chi connectivity index (χ4n) is 0.664. The van der Waals surface area contributed by atoms with Crippen molar-refractivity contribution in [2.45, 2.75) is 18.2 Å². The van der Waals surface area contributed by atoms with Gasteiger partial charge in [-0.3, -0.25) is 0 Å². The first-order valence-electron chi connectivity index (χ1n) is 2.41. The Morgan fingerprint density at radius 2 is 2.57 bits per heavy atom. The fourth-order valence-corrected chi connectivity index (χ4v) is 1.98. The Morgan fingerprint density at radius 1 is 1.71 bits per heavy atom. The second kappa shape index (κ2) is 2.80.